The van der Waals surface area contributed by atoms with E-state index in [1.54, 1.807) is 53.5 Å². The quantitative estimate of drug-likeness (QED) is 0.367. The van der Waals surface area contributed by atoms with Crippen LogP contribution in [0.3, 0.4) is 0 Å². The van der Waals surface area contributed by atoms with Crippen molar-refractivity contribution in [2.75, 3.05) is 0 Å². The van der Waals surface area contributed by atoms with Crippen molar-refractivity contribution in [2.45, 2.75) is 12.3 Å². The molecule has 0 aliphatic rings. The van der Waals surface area contributed by atoms with Crippen LogP contribution < -0.4 is 10.2 Å². The van der Waals surface area contributed by atoms with Crippen LogP contribution in [-0.4, -0.2) is 28.2 Å². The first-order valence-electron chi connectivity index (χ1n) is 10.7. The van der Waals surface area contributed by atoms with E-state index in [1.165, 1.54) is 18.2 Å². The highest BCUT2D eigenvalue weighted by Crippen LogP contribution is 2.22. The lowest BCUT2D eigenvalue weighted by atomic mass is 10.1. The van der Waals surface area contributed by atoms with E-state index in [0.29, 0.717) is 27.2 Å². The van der Waals surface area contributed by atoms with Crippen molar-refractivity contribution in [1.82, 2.24) is 24.5 Å². The number of halogens is 1. The highest BCUT2D eigenvalue weighted by Gasteiger charge is 2.14. The van der Waals surface area contributed by atoms with E-state index in [4.69, 9.17) is 0 Å². The van der Waals surface area contributed by atoms with Crippen molar-refractivity contribution < 1.29 is 12.8 Å². The van der Waals surface area contributed by atoms with Gasteiger partial charge in [-0.3, -0.25) is 14.5 Å². The summed E-state index contributed by atoms with van der Waals surface area (Å²) < 4.78 is 42.6. The second-order valence-corrected chi connectivity index (χ2v) is 9.98. The third-order valence-corrected chi connectivity index (χ3v) is 6.88. The van der Waals surface area contributed by atoms with Crippen molar-refractivity contribution >= 4 is 31.7 Å². The zero-order chi connectivity index (χ0) is 24.6. The molecule has 5 aromatic rings. The molecular weight excluding hydrogens is 469 g/mol. The van der Waals surface area contributed by atoms with Crippen LogP contribution in [0.5, 0.6) is 0 Å². The molecule has 0 aliphatic heterocycles. The molecular formula is C25H20FN5O3S. The minimum absolute atomic E-state index is 0.136. The van der Waals surface area contributed by atoms with Crippen molar-refractivity contribution in [3.63, 3.8) is 0 Å². The van der Waals surface area contributed by atoms with Crippen LogP contribution in [0.4, 0.5) is 4.39 Å². The zero-order valence-corrected chi connectivity index (χ0v) is 19.5. The molecule has 0 radical (unpaired) electrons. The standard InChI is InChI=1S/C25H20FN5O3S/c1-31-14-19(12-28-31)18-10-22-23(27-11-18)8-7-17-6-5-16(9-21(17)25(22)32)15-35(33,34)29-13-20-3-2-4-24(26)30-20/h2-12,14,29H,13,15H2,1H3. The molecule has 3 heterocycles. The second-order valence-electron chi connectivity index (χ2n) is 8.18. The summed E-state index contributed by atoms with van der Waals surface area (Å²) in [5.41, 5.74) is 2.61. The third-order valence-electron chi connectivity index (χ3n) is 5.59. The lowest BCUT2D eigenvalue weighted by Gasteiger charge is -2.07. The van der Waals surface area contributed by atoms with Gasteiger partial charge >= 0.3 is 0 Å². The van der Waals surface area contributed by atoms with Gasteiger partial charge in [-0.2, -0.15) is 9.49 Å². The molecule has 3 aromatic heterocycles. The third kappa shape index (κ3) is 4.93. The number of benzene rings is 1. The normalized spacial score (nSPS) is 11.8. The van der Waals surface area contributed by atoms with Crippen LogP contribution in [0.2, 0.25) is 0 Å². The van der Waals surface area contributed by atoms with E-state index in [-0.39, 0.29) is 23.4 Å². The van der Waals surface area contributed by atoms with Gasteiger partial charge in [0.2, 0.25) is 16.0 Å². The van der Waals surface area contributed by atoms with Crippen LogP contribution >= 0.6 is 0 Å². The van der Waals surface area contributed by atoms with Crippen molar-refractivity contribution in [2.24, 2.45) is 7.05 Å². The van der Waals surface area contributed by atoms with E-state index in [0.717, 1.165) is 11.1 Å². The van der Waals surface area contributed by atoms with Crippen LogP contribution in [0.25, 0.3) is 32.8 Å². The number of aryl methyl sites for hydroxylation is 1. The number of rotatable bonds is 6. The fourth-order valence-electron chi connectivity index (χ4n) is 3.87. The topological polar surface area (TPSA) is 107 Å². The summed E-state index contributed by atoms with van der Waals surface area (Å²) in [4.78, 5) is 21.6. The highest BCUT2D eigenvalue weighted by atomic mass is 32.2. The molecule has 0 atom stereocenters. The Morgan fingerprint density at radius 2 is 1.83 bits per heavy atom. The lowest BCUT2D eigenvalue weighted by molar-refractivity contribution is 0.565. The molecule has 1 N–H and O–H groups in total. The summed E-state index contributed by atoms with van der Waals surface area (Å²) in [5.74, 6) is -1.02. The van der Waals surface area contributed by atoms with E-state index in [9.17, 15) is 17.6 Å². The Morgan fingerprint density at radius 3 is 2.60 bits per heavy atom. The van der Waals surface area contributed by atoms with Crippen LogP contribution in [0.1, 0.15) is 11.3 Å². The predicted molar refractivity (Wildman–Crippen MR) is 131 cm³/mol. The summed E-state index contributed by atoms with van der Waals surface area (Å²) in [7, 11) is -1.95. The Balaban J connectivity index is 1.50. The molecule has 5 rings (SSSR count). The number of aromatic nitrogens is 4. The van der Waals surface area contributed by atoms with Crippen LogP contribution in [0, 0.1) is 5.95 Å². The molecule has 8 nitrogen and oxygen atoms in total. The minimum Gasteiger partial charge on any atom is -0.289 e. The Kier molecular flexibility index (Phi) is 5.83. The molecule has 2 aromatic carbocycles. The maximum atomic E-state index is 13.5. The fraction of sp³-hybridized carbons (Fsp3) is 0.120. The first kappa shape index (κ1) is 22.8. The molecule has 0 unspecified atom stereocenters. The van der Waals surface area contributed by atoms with Gasteiger partial charge in [0, 0.05) is 41.3 Å². The van der Waals surface area contributed by atoms with Gasteiger partial charge in [0.1, 0.15) is 0 Å². The maximum Gasteiger partial charge on any atom is 0.216 e. The van der Waals surface area contributed by atoms with E-state index in [2.05, 4.69) is 19.8 Å². The first-order chi connectivity index (χ1) is 16.8. The van der Waals surface area contributed by atoms with Crippen molar-refractivity contribution in [3.05, 3.63) is 101 Å². The monoisotopic (exact) mass is 489 g/mol. The number of hydrogen-bond acceptors (Lipinski definition) is 6. The molecule has 35 heavy (non-hydrogen) atoms. The molecule has 0 saturated heterocycles. The Labute approximate surface area is 200 Å². The van der Waals surface area contributed by atoms with E-state index < -0.39 is 16.0 Å². The maximum absolute atomic E-state index is 13.5. The first-order valence-corrected chi connectivity index (χ1v) is 12.4. The molecule has 0 fully saturated rings. The van der Waals surface area contributed by atoms with Gasteiger partial charge in [-0.05, 0) is 41.3 Å². The van der Waals surface area contributed by atoms with Crippen molar-refractivity contribution in [1.29, 1.82) is 0 Å². The SMILES string of the molecule is Cn1cc(-c2cnc3ccc4ccc(CS(=O)(=O)NCc5cccc(F)n5)cc4c(=O)c3c2)cn1. The molecule has 0 bridgehead atoms. The smallest absolute Gasteiger partial charge is 0.216 e. The average molecular weight is 490 g/mol. The largest absolute Gasteiger partial charge is 0.289 e. The van der Waals surface area contributed by atoms with Gasteiger partial charge in [-0.1, -0.05) is 24.3 Å². The van der Waals surface area contributed by atoms with Gasteiger partial charge < -0.3 is 0 Å². The summed E-state index contributed by atoms with van der Waals surface area (Å²) >= 11 is 0. The number of hydrogen-bond donors (Lipinski definition) is 1. The summed E-state index contributed by atoms with van der Waals surface area (Å²) in [6, 6.07) is 14.5. The van der Waals surface area contributed by atoms with Gasteiger partial charge in [0.05, 0.1) is 29.7 Å². The Morgan fingerprint density at radius 1 is 1.00 bits per heavy atom. The molecule has 10 heteroatoms. The van der Waals surface area contributed by atoms with Gasteiger partial charge in [0.25, 0.3) is 0 Å². The van der Waals surface area contributed by atoms with Gasteiger partial charge in [-0.25, -0.2) is 18.1 Å². The van der Waals surface area contributed by atoms with Gasteiger partial charge in [-0.15, -0.1) is 0 Å². The average Bonchev–Trinajstić information content (AvgIpc) is 3.22. The number of nitrogens with zero attached hydrogens (tertiary/aromatic N) is 4. The molecule has 0 spiro atoms. The van der Waals surface area contributed by atoms with E-state index in [1.807, 2.05) is 13.2 Å². The zero-order valence-electron chi connectivity index (χ0n) is 18.6. The van der Waals surface area contributed by atoms with Crippen LogP contribution in [0.15, 0.2) is 78.0 Å². The van der Waals surface area contributed by atoms with Crippen molar-refractivity contribution in [3.8, 4) is 11.1 Å². The number of fused-ring (bicyclic) bond motifs is 2. The Bertz CT molecular complexity index is 1750. The number of nitrogens with one attached hydrogen (secondary N) is 1. The number of pyridine rings is 2. The lowest BCUT2D eigenvalue weighted by Crippen LogP contribution is -2.25. The molecule has 0 saturated carbocycles. The summed E-state index contributed by atoms with van der Waals surface area (Å²) in [6.07, 6.45) is 5.23. The predicted octanol–water partition coefficient (Wildman–Crippen LogP) is 3.30. The fourth-order valence-corrected chi connectivity index (χ4v) is 4.96. The molecule has 0 aliphatic carbocycles. The highest BCUT2D eigenvalue weighted by molar-refractivity contribution is 7.88. The molecule has 0 amide bonds. The molecule has 176 valence electrons. The van der Waals surface area contributed by atoms with Gasteiger partial charge in [0.15, 0.2) is 5.43 Å². The summed E-state index contributed by atoms with van der Waals surface area (Å²) in [5, 5.41) is 5.66. The van der Waals surface area contributed by atoms with Crippen LogP contribution in [-0.2, 0) is 29.4 Å². The summed E-state index contributed by atoms with van der Waals surface area (Å²) in [6.45, 7) is -0.136. The number of sulfonamides is 1. The Hall–Kier alpha value is -4.02. The second kappa shape index (κ2) is 8.97. The van der Waals surface area contributed by atoms with E-state index >= 15 is 0 Å². The minimum atomic E-state index is -3.76.